The molecule has 19 heavy (non-hydrogen) atoms. The van der Waals surface area contributed by atoms with Gasteiger partial charge in [-0.3, -0.25) is 0 Å². The number of aryl methyl sites for hydroxylation is 1. The Balaban J connectivity index is 0.00000180. The monoisotopic (exact) mass is 297 g/mol. The van der Waals surface area contributed by atoms with Crippen LogP contribution in [-0.4, -0.2) is 13.2 Å². The maximum atomic E-state index is 5.88. The minimum atomic E-state index is 0. The van der Waals surface area contributed by atoms with Crippen LogP contribution in [0.15, 0.2) is 42.5 Å². The summed E-state index contributed by atoms with van der Waals surface area (Å²) in [4.78, 5) is 0. The zero-order valence-electron chi connectivity index (χ0n) is 10.7. The number of hydrogen-bond donors (Lipinski definition) is 1. The highest BCUT2D eigenvalue weighted by molar-refractivity contribution is 6.30. The van der Waals surface area contributed by atoms with Crippen molar-refractivity contribution in [3.63, 3.8) is 0 Å². The third-order valence-electron chi connectivity index (χ3n) is 2.73. The summed E-state index contributed by atoms with van der Waals surface area (Å²) in [6.45, 7) is 3.10. The Morgan fingerprint density at radius 1 is 1.05 bits per heavy atom. The van der Waals surface area contributed by atoms with Crippen molar-refractivity contribution in [2.24, 2.45) is 5.73 Å². The van der Waals surface area contributed by atoms with Crippen LogP contribution in [0.4, 0.5) is 0 Å². The van der Waals surface area contributed by atoms with E-state index in [1.807, 2.05) is 43.3 Å². The summed E-state index contributed by atoms with van der Waals surface area (Å²) >= 11 is 5.88. The first-order valence-corrected chi connectivity index (χ1v) is 6.28. The van der Waals surface area contributed by atoms with E-state index in [0.29, 0.717) is 13.2 Å². The molecular formula is C15H17Cl2NO. The SMILES string of the molecule is Cc1cc(-c2ccc(Cl)cc2)ccc1OCCN.Cl. The van der Waals surface area contributed by atoms with Crippen LogP contribution in [-0.2, 0) is 0 Å². The first kappa shape index (κ1) is 15.8. The lowest BCUT2D eigenvalue weighted by atomic mass is 10.0. The molecule has 0 unspecified atom stereocenters. The van der Waals surface area contributed by atoms with Gasteiger partial charge in [-0.25, -0.2) is 0 Å². The molecule has 0 aliphatic carbocycles. The highest BCUT2D eigenvalue weighted by Crippen LogP contribution is 2.27. The number of halogens is 2. The van der Waals surface area contributed by atoms with E-state index in [1.165, 1.54) is 0 Å². The molecule has 0 aliphatic rings. The third-order valence-corrected chi connectivity index (χ3v) is 2.98. The maximum Gasteiger partial charge on any atom is 0.122 e. The highest BCUT2D eigenvalue weighted by Gasteiger charge is 2.03. The zero-order chi connectivity index (χ0) is 13.0. The van der Waals surface area contributed by atoms with E-state index < -0.39 is 0 Å². The van der Waals surface area contributed by atoms with E-state index in [4.69, 9.17) is 22.1 Å². The first-order chi connectivity index (χ1) is 8.70. The van der Waals surface area contributed by atoms with Crippen LogP contribution >= 0.6 is 24.0 Å². The third kappa shape index (κ3) is 4.13. The van der Waals surface area contributed by atoms with Gasteiger partial charge in [0, 0.05) is 11.6 Å². The van der Waals surface area contributed by atoms with Crippen molar-refractivity contribution < 1.29 is 4.74 Å². The number of rotatable bonds is 4. The van der Waals surface area contributed by atoms with E-state index >= 15 is 0 Å². The number of hydrogen-bond acceptors (Lipinski definition) is 2. The fourth-order valence-corrected chi connectivity index (χ4v) is 1.93. The molecule has 0 saturated carbocycles. The van der Waals surface area contributed by atoms with Crippen molar-refractivity contribution in [1.29, 1.82) is 0 Å². The fraction of sp³-hybridized carbons (Fsp3) is 0.200. The molecule has 0 radical (unpaired) electrons. The Labute approximate surface area is 124 Å². The molecule has 2 aromatic carbocycles. The molecule has 2 N–H and O–H groups in total. The molecule has 0 heterocycles. The Kier molecular flexibility index (Phi) is 6.16. The minimum absolute atomic E-state index is 0. The van der Waals surface area contributed by atoms with Gasteiger partial charge in [0.05, 0.1) is 0 Å². The molecule has 0 aromatic heterocycles. The van der Waals surface area contributed by atoms with Gasteiger partial charge < -0.3 is 10.5 Å². The van der Waals surface area contributed by atoms with Crippen molar-refractivity contribution in [2.75, 3.05) is 13.2 Å². The van der Waals surface area contributed by atoms with E-state index in [-0.39, 0.29) is 12.4 Å². The minimum Gasteiger partial charge on any atom is -0.492 e. The molecule has 0 spiro atoms. The lowest BCUT2D eigenvalue weighted by molar-refractivity contribution is 0.326. The van der Waals surface area contributed by atoms with Gasteiger partial charge in [-0.05, 0) is 47.9 Å². The molecule has 102 valence electrons. The molecular weight excluding hydrogens is 281 g/mol. The Morgan fingerprint density at radius 3 is 2.26 bits per heavy atom. The van der Waals surface area contributed by atoms with Crippen LogP contribution in [0.1, 0.15) is 5.56 Å². The summed E-state index contributed by atoms with van der Waals surface area (Å²) in [6.07, 6.45) is 0. The zero-order valence-corrected chi connectivity index (χ0v) is 12.3. The van der Waals surface area contributed by atoms with E-state index in [1.54, 1.807) is 0 Å². The predicted molar refractivity (Wildman–Crippen MR) is 83.4 cm³/mol. The smallest absolute Gasteiger partial charge is 0.122 e. The molecule has 0 atom stereocenters. The number of ether oxygens (including phenoxy) is 1. The van der Waals surface area contributed by atoms with Crippen LogP contribution in [0.2, 0.25) is 5.02 Å². The van der Waals surface area contributed by atoms with Crippen molar-refractivity contribution in [3.05, 3.63) is 53.1 Å². The summed E-state index contributed by atoms with van der Waals surface area (Å²) in [6, 6.07) is 13.9. The first-order valence-electron chi connectivity index (χ1n) is 5.90. The molecule has 2 aromatic rings. The van der Waals surface area contributed by atoms with Gasteiger partial charge in [0.1, 0.15) is 12.4 Å². The van der Waals surface area contributed by atoms with Gasteiger partial charge in [0.15, 0.2) is 0 Å². The topological polar surface area (TPSA) is 35.2 Å². The Bertz CT molecular complexity index is 526. The Hall–Kier alpha value is -1.22. The van der Waals surface area contributed by atoms with Gasteiger partial charge >= 0.3 is 0 Å². The summed E-state index contributed by atoms with van der Waals surface area (Å²) in [5.41, 5.74) is 8.83. The predicted octanol–water partition coefficient (Wildman–Crippen LogP) is 4.07. The highest BCUT2D eigenvalue weighted by atomic mass is 35.5. The number of nitrogens with two attached hydrogens (primary N) is 1. The maximum absolute atomic E-state index is 5.88. The molecule has 2 nitrogen and oxygen atoms in total. The van der Waals surface area contributed by atoms with Crippen molar-refractivity contribution in [1.82, 2.24) is 0 Å². The van der Waals surface area contributed by atoms with Gasteiger partial charge in [-0.15, -0.1) is 12.4 Å². The van der Waals surface area contributed by atoms with E-state index in [2.05, 4.69) is 6.07 Å². The van der Waals surface area contributed by atoms with Crippen LogP contribution < -0.4 is 10.5 Å². The lowest BCUT2D eigenvalue weighted by Gasteiger charge is -2.10. The molecule has 0 amide bonds. The molecule has 2 rings (SSSR count). The molecule has 0 aliphatic heterocycles. The largest absolute Gasteiger partial charge is 0.492 e. The average molecular weight is 298 g/mol. The van der Waals surface area contributed by atoms with Crippen molar-refractivity contribution in [3.8, 4) is 16.9 Å². The quantitative estimate of drug-likeness (QED) is 0.923. The van der Waals surface area contributed by atoms with Gasteiger partial charge in [-0.2, -0.15) is 0 Å². The summed E-state index contributed by atoms with van der Waals surface area (Å²) in [7, 11) is 0. The van der Waals surface area contributed by atoms with Crippen molar-refractivity contribution >= 4 is 24.0 Å². The standard InChI is InChI=1S/C15H16ClNO.ClH/c1-11-10-13(4-7-15(11)18-9-8-17)12-2-5-14(16)6-3-12;/h2-7,10H,8-9,17H2,1H3;1H. The normalized spacial score (nSPS) is 9.84. The number of benzene rings is 2. The van der Waals surface area contributed by atoms with Crippen LogP contribution in [0, 0.1) is 6.92 Å². The second-order valence-electron chi connectivity index (χ2n) is 4.12. The summed E-state index contributed by atoms with van der Waals surface area (Å²) in [5, 5.41) is 0.748. The molecule has 4 heteroatoms. The summed E-state index contributed by atoms with van der Waals surface area (Å²) in [5.74, 6) is 0.887. The molecule has 0 fully saturated rings. The average Bonchev–Trinajstić information content (AvgIpc) is 2.38. The van der Waals surface area contributed by atoms with E-state index in [0.717, 1.165) is 27.5 Å². The lowest BCUT2D eigenvalue weighted by Crippen LogP contribution is -2.11. The van der Waals surface area contributed by atoms with Crippen LogP contribution in [0.25, 0.3) is 11.1 Å². The van der Waals surface area contributed by atoms with E-state index in [9.17, 15) is 0 Å². The van der Waals surface area contributed by atoms with Gasteiger partial charge in [-0.1, -0.05) is 29.8 Å². The van der Waals surface area contributed by atoms with Gasteiger partial charge in [0.2, 0.25) is 0 Å². The van der Waals surface area contributed by atoms with Crippen LogP contribution in [0.5, 0.6) is 5.75 Å². The van der Waals surface area contributed by atoms with Gasteiger partial charge in [0.25, 0.3) is 0 Å². The molecule has 0 saturated heterocycles. The molecule has 0 bridgehead atoms. The second-order valence-corrected chi connectivity index (χ2v) is 4.56. The van der Waals surface area contributed by atoms with Crippen molar-refractivity contribution in [2.45, 2.75) is 6.92 Å². The Morgan fingerprint density at radius 2 is 1.68 bits per heavy atom. The fourth-order valence-electron chi connectivity index (χ4n) is 1.80. The second kappa shape index (κ2) is 7.39. The summed E-state index contributed by atoms with van der Waals surface area (Å²) < 4.78 is 5.55. The van der Waals surface area contributed by atoms with Crippen LogP contribution in [0.3, 0.4) is 0 Å².